The van der Waals surface area contributed by atoms with Crippen molar-refractivity contribution in [3.63, 3.8) is 0 Å². The summed E-state index contributed by atoms with van der Waals surface area (Å²) in [6.07, 6.45) is 1.46. The predicted octanol–water partition coefficient (Wildman–Crippen LogP) is 3.60. The van der Waals surface area contributed by atoms with E-state index in [2.05, 4.69) is 15.8 Å². The van der Waals surface area contributed by atoms with E-state index in [1.807, 2.05) is 0 Å². The fourth-order valence-electron chi connectivity index (χ4n) is 2.37. The fourth-order valence-corrected chi connectivity index (χ4v) is 3.46. The first kappa shape index (κ1) is 21.1. The molecule has 2 amide bonds. The molecule has 9 heteroatoms. The number of hydrogen-bond donors (Lipinski definition) is 2. The van der Waals surface area contributed by atoms with Crippen LogP contribution in [0.2, 0.25) is 0 Å². The van der Waals surface area contributed by atoms with Gasteiger partial charge in [0.1, 0.15) is 10.8 Å². The van der Waals surface area contributed by atoms with Crippen molar-refractivity contribution in [3.05, 3.63) is 45.8 Å². The van der Waals surface area contributed by atoms with Gasteiger partial charge >= 0.3 is 12.0 Å². The lowest BCUT2D eigenvalue weighted by Crippen LogP contribution is -2.24. The van der Waals surface area contributed by atoms with Crippen molar-refractivity contribution in [2.75, 3.05) is 19.0 Å². The van der Waals surface area contributed by atoms with Crippen molar-refractivity contribution in [1.82, 2.24) is 5.43 Å². The molecule has 0 spiro atoms. The van der Waals surface area contributed by atoms with E-state index in [9.17, 15) is 14.4 Å². The molecule has 1 aromatic heterocycles. The number of carbonyl (C=O) groups excluding carboxylic acids is 3. The highest BCUT2D eigenvalue weighted by atomic mass is 32.1. The van der Waals surface area contributed by atoms with Crippen LogP contribution in [0.3, 0.4) is 0 Å². The Morgan fingerprint density at radius 3 is 2.46 bits per heavy atom. The quantitative estimate of drug-likeness (QED) is 0.318. The van der Waals surface area contributed by atoms with Crippen LogP contribution < -0.4 is 15.5 Å². The SMILES string of the molecule is CCOC(=O)c1c(NC(=O)NN=Cc2ccc(OC)cc2)sc(C(C)=O)c1C. The minimum atomic E-state index is -0.647. The normalized spacial score (nSPS) is 10.6. The summed E-state index contributed by atoms with van der Waals surface area (Å²) < 4.78 is 10.1. The van der Waals surface area contributed by atoms with Crippen LogP contribution >= 0.6 is 11.3 Å². The molecule has 1 heterocycles. The number of amides is 2. The van der Waals surface area contributed by atoms with E-state index in [1.54, 1.807) is 45.2 Å². The first-order valence-corrected chi connectivity index (χ1v) is 9.24. The van der Waals surface area contributed by atoms with Crippen LogP contribution in [0.1, 0.15) is 45.0 Å². The summed E-state index contributed by atoms with van der Waals surface area (Å²) in [5, 5.41) is 6.65. The second-order valence-electron chi connectivity index (χ2n) is 5.63. The van der Waals surface area contributed by atoms with Crippen LogP contribution in [-0.4, -0.2) is 37.7 Å². The number of methoxy groups -OCH3 is 1. The van der Waals surface area contributed by atoms with E-state index in [0.717, 1.165) is 16.9 Å². The molecule has 148 valence electrons. The van der Waals surface area contributed by atoms with Gasteiger partial charge in [-0.05, 0) is 56.2 Å². The Bertz CT molecular complexity index is 903. The molecule has 0 bridgehead atoms. The number of ether oxygens (including phenoxy) is 2. The standard InChI is InChI=1S/C19H21N3O5S/c1-5-27-18(24)15-11(2)16(12(3)23)28-17(15)21-19(25)22-20-10-13-6-8-14(26-4)9-7-13/h6-10H,5H2,1-4H3,(H2,21,22,25). The number of esters is 1. The lowest BCUT2D eigenvalue weighted by atomic mass is 10.1. The van der Waals surface area contributed by atoms with Gasteiger partial charge in [-0.1, -0.05) is 0 Å². The second kappa shape index (κ2) is 9.65. The number of carbonyl (C=O) groups is 3. The smallest absolute Gasteiger partial charge is 0.341 e. The third-order valence-electron chi connectivity index (χ3n) is 3.67. The third kappa shape index (κ3) is 5.17. The van der Waals surface area contributed by atoms with Gasteiger partial charge in [-0.15, -0.1) is 11.3 Å². The number of hydrogen-bond acceptors (Lipinski definition) is 7. The van der Waals surface area contributed by atoms with E-state index < -0.39 is 12.0 Å². The Hall–Kier alpha value is -3.20. The predicted molar refractivity (Wildman–Crippen MR) is 108 cm³/mol. The summed E-state index contributed by atoms with van der Waals surface area (Å²) in [6.45, 7) is 4.90. The second-order valence-corrected chi connectivity index (χ2v) is 6.65. The summed E-state index contributed by atoms with van der Waals surface area (Å²) in [5.74, 6) is -0.0801. The van der Waals surface area contributed by atoms with E-state index in [0.29, 0.717) is 16.2 Å². The number of benzene rings is 1. The van der Waals surface area contributed by atoms with Gasteiger partial charge in [0.15, 0.2) is 5.78 Å². The van der Waals surface area contributed by atoms with E-state index in [1.165, 1.54) is 13.1 Å². The number of nitrogens with one attached hydrogen (secondary N) is 2. The third-order valence-corrected chi connectivity index (χ3v) is 4.98. The van der Waals surface area contributed by atoms with Crippen LogP contribution in [-0.2, 0) is 4.74 Å². The molecule has 2 rings (SSSR count). The van der Waals surface area contributed by atoms with Crippen molar-refractivity contribution in [2.45, 2.75) is 20.8 Å². The van der Waals surface area contributed by atoms with Crippen LogP contribution in [0.5, 0.6) is 5.75 Å². The van der Waals surface area contributed by atoms with Crippen LogP contribution in [0.25, 0.3) is 0 Å². The van der Waals surface area contributed by atoms with Gasteiger partial charge in [0.05, 0.1) is 30.4 Å². The number of rotatable bonds is 7. The zero-order chi connectivity index (χ0) is 20.7. The molecule has 0 aliphatic carbocycles. The van der Waals surface area contributed by atoms with Gasteiger partial charge in [-0.3, -0.25) is 10.1 Å². The Balaban J connectivity index is 2.11. The minimum absolute atomic E-state index is 0.173. The van der Waals surface area contributed by atoms with Gasteiger partial charge in [0.25, 0.3) is 0 Å². The van der Waals surface area contributed by atoms with Gasteiger partial charge in [0, 0.05) is 0 Å². The van der Waals surface area contributed by atoms with Crippen molar-refractivity contribution in [2.24, 2.45) is 5.10 Å². The van der Waals surface area contributed by atoms with E-state index in [-0.39, 0.29) is 23.0 Å². The molecular formula is C19H21N3O5S. The molecule has 0 radical (unpaired) electrons. The Morgan fingerprint density at radius 1 is 1.21 bits per heavy atom. The maximum atomic E-state index is 12.2. The Labute approximate surface area is 166 Å². The summed E-state index contributed by atoms with van der Waals surface area (Å²) in [4.78, 5) is 36.5. The van der Waals surface area contributed by atoms with Crippen LogP contribution in [0.4, 0.5) is 9.80 Å². The molecule has 0 saturated heterocycles. The van der Waals surface area contributed by atoms with Gasteiger partial charge in [0.2, 0.25) is 0 Å². The molecule has 1 aromatic carbocycles. The first-order chi connectivity index (χ1) is 13.4. The Morgan fingerprint density at radius 2 is 1.89 bits per heavy atom. The lowest BCUT2D eigenvalue weighted by molar-refractivity contribution is 0.0527. The van der Waals surface area contributed by atoms with Gasteiger partial charge < -0.3 is 9.47 Å². The van der Waals surface area contributed by atoms with E-state index in [4.69, 9.17) is 9.47 Å². The summed E-state index contributed by atoms with van der Waals surface area (Å²) in [6, 6.07) is 6.45. The molecule has 0 aliphatic rings. The maximum absolute atomic E-state index is 12.2. The van der Waals surface area contributed by atoms with Gasteiger partial charge in [-0.25, -0.2) is 15.0 Å². The lowest BCUT2D eigenvalue weighted by Gasteiger charge is -2.06. The zero-order valence-corrected chi connectivity index (χ0v) is 16.8. The molecule has 2 N–H and O–H groups in total. The molecule has 0 fully saturated rings. The molecule has 0 unspecified atom stereocenters. The molecule has 8 nitrogen and oxygen atoms in total. The largest absolute Gasteiger partial charge is 0.497 e. The van der Waals surface area contributed by atoms with Crippen LogP contribution in [0.15, 0.2) is 29.4 Å². The van der Waals surface area contributed by atoms with Crippen molar-refractivity contribution < 1.29 is 23.9 Å². The minimum Gasteiger partial charge on any atom is -0.497 e. The molecule has 0 atom stereocenters. The van der Waals surface area contributed by atoms with Crippen molar-refractivity contribution in [1.29, 1.82) is 0 Å². The zero-order valence-electron chi connectivity index (χ0n) is 16.0. The van der Waals surface area contributed by atoms with Gasteiger partial charge in [-0.2, -0.15) is 5.10 Å². The molecule has 0 aliphatic heterocycles. The van der Waals surface area contributed by atoms with E-state index >= 15 is 0 Å². The topological polar surface area (TPSA) is 106 Å². The molecular weight excluding hydrogens is 382 g/mol. The number of thiophene rings is 1. The number of urea groups is 1. The maximum Gasteiger partial charge on any atom is 0.341 e. The highest BCUT2D eigenvalue weighted by molar-refractivity contribution is 7.18. The first-order valence-electron chi connectivity index (χ1n) is 8.42. The molecule has 28 heavy (non-hydrogen) atoms. The fraction of sp³-hybridized carbons (Fsp3) is 0.263. The number of Topliss-reactive ketones (excluding diaryl/α,β-unsaturated/α-hetero) is 1. The summed E-state index contributed by atoms with van der Waals surface area (Å²) in [5.41, 5.74) is 3.74. The van der Waals surface area contributed by atoms with Crippen molar-refractivity contribution >= 4 is 40.3 Å². The van der Waals surface area contributed by atoms with Crippen molar-refractivity contribution in [3.8, 4) is 5.75 Å². The average molecular weight is 403 g/mol. The summed E-state index contributed by atoms with van der Waals surface area (Å²) >= 11 is 1.02. The highest BCUT2D eigenvalue weighted by Crippen LogP contribution is 2.34. The summed E-state index contributed by atoms with van der Waals surface area (Å²) in [7, 11) is 1.57. The number of nitrogens with zero attached hydrogens (tertiary/aromatic N) is 1. The number of hydrazone groups is 1. The molecule has 2 aromatic rings. The molecule has 0 saturated carbocycles. The number of anilines is 1. The van der Waals surface area contributed by atoms with Crippen LogP contribution in [0, 0.1) is 6.92 Å². The monoisotopic (exact) mass is 403 g/mol. The Kier molecular flexibility index (Phi) is 7.28. The number of ketones is 1. The average Bonchev–Trinajstić information content (AvgIpc) is 2.98. The highest BCUT2D eigenvalue weighted by Gasteiger charge is 2.25.